The van der Waals surface area contributed by atoms with E-state index in [-0.39, 0.29) is 16.7 Å². The van der Waals surface area contributed by atoms with Crippen LogP contribution in [0.5, 0.6) is 0 Å². The lowest BCUT2D eigenvalue weighted by Crippen LogP contribution is -2.44. The molecule has 12 heteroatoms. The van der Waals surface area contributed by atoms with Crippen LogP contribution >= 0.6 is 0 Å². The fraction of sp³-hybridized carbons (Fsp3) is 0.500. The zero-order valence-electron chi connectivity index (χ0n) is 23.6. The average Bonchev–Trinajstić information content (AvgIpc) is 3.63. The van der Waals surface area contributed by atoms with Crippen molar-refractivity contribution in [1.29, 1.82) is 0 Å². The summed E-state index contributed by atoms with van der Waals surface area (Å²) in [5.74, 6) is 1.32. The number of nitrogens with zero attached hydrogens (tertiary/aromatic N) is 4. The molecule has 1 amide bonds. The van der Waals surface area contributed by atoms with Gasteiger partial charge in [0.2, 0.25) is 0 Å². The topological polar surface area (TPSA) is 137 Å². The lowest BCUT2D eigenvalue weighted by Gasteiger charge is -2.34. The van der Waals surface area contributed by atoms with Gasteiger partial charge in [0.25, 0.3) is 0 Å². The Bertz CT molecular complexity index is 1500. The third-order valence-electron chi connectivity index (χ3n) is 7.08. The molecule has 5 rings (SSSR count). The van der Waals surface area contributed by atoms with Gasteiger partial charge in [0.1, 0.15) is 21.1 Å². The number of amides is 1. The molecule has 1 aliphatic carbocycles. The van der Waals surface area contributed by atoms with Crippen LogP contribution in [0.4, 0.5) is 16.3 Å². The molecule has 40 heavy (non-hydrogen) atoms. The average molecular weight is 570 g/mol. The summed E-state index contributed by atoms with van der Waals surface area (Å²) in [6.45, 7) is 12.4. The van der Waals surface area contributed by atoms with Gasteiger partial charge in [0.05, 0.1) is 30.6 Å². The molecule has 214 valence electrons. The Balaban J connectivity index is 1.55. The van der Waals surface area contributed by atoms with Crippen molar-refractivity contribution in [2.24, 2.45) is 0 Å². The molecule has 3 aromatic rings. The number of carbonyl (C=O) groups is 1. The summed E-state index contributed by atoms with van der Waals surface area (Å²) in [6, 6.07) is 8.91. The van der Waals surface area contributed by atoms with Crippen LogP contribution in [-0.2, 0) is 24.1 Å². The number of hydrogen-bond donors (Lipinski definition) is 1. The van der Waals surface area contributed by atoms with Crippen LogP contribution in [0.1, 0.15) is 57.7 Å². The standard InChI is InChI=1S/C28H35N5O6S/c1-17-16-37-14-13-33(17)23-15-22(28(11-12-28)40(35,36)24-18(2)32-39-19(24)3)30-25(31-23)20-7-9-21(10-8-20)29-26(34)38-27(4,5)6/h7-10,15,17H,11-14,16H2,1-6H3,(H,29,34)/t17-/m0/s1. The lowest BCUT2D eigenvalue weighted by molar-refractivity contribution is 0.0636. The van der Waals surface area contributed by atoms with Crippen molar-refractivity contribution in [2.45, 2.75) is 75.7 Å². The normalized spacial score (nSPS) is 18.9. The summed E-state index contributed by atoms with van der Waals surface area (Å²) in [4.78, 5) is 24.1. The van der Waals surface area contributed by atoms with Crippen molar-refractivity contribution >= 4 is 27.4 Å². The van der Waals surface area contributed by atoms with E-state index in [1.165, 1.54) is 0 Å². The molecule has 2 aliphatic rings. The van der Waals surface area contributed by atoms with E-state index >= 15 is 0 Å². The quantitative estimate of drug-likeness (QED) is 0.441. The molecule has 2 aromatic heterocycles. The number of rotatable bonds is 6. The van der Waals surface area contributed by atoms with Gasteiger partial charge in [-0.15, -0.1) is 0 Å². The van der Waals surface area contributed by atoms with Crippen molar-refractivity contribution in [3.05, 3.63) is 47.5 Å². The number of aromatic nitrogens is 3. The SMILES string of the molecule is Cc1noc(C)c1S(=O)(=O)C1(c2cc(N3CCOC[C@@H]3C)nc(-c3ccc(NC(=O)OC(C)(C)C)cc3)n2)CC1. The van der Waals surface area contributed by atoms with Crippen molar-refractivity contribution in [3.63, 3.8) is 0 Å². The minimum Gasteiger partial charge on any atom is -0.444 e. The molecule has 1 aliphatic heterocycles. The minimum atomic E-state index is -3.84. The van der Waals surface area contributed by atoms with Crippen LogP contribution in [0.25, 0.3) is 11.4 Å². The number of hydrogen-bond acceptors (Lipinski definition) is 10. The summed E-state index contributed by atoms with van der Waals surface area (Å²) in [7, 11) is -3.84. The first-order chi connectivity index (χ1) is 18.8. The number of morpholine rings is 1. The highest BCUT2D eigenvalue weighted by molar-refractivity contribution is 7.92. The molecule has 0 spiro atoms. The maximum atomic E-state index is 14.0. The van der Waals surface area contributed by atoms with Gasteiger partial charge in [-0.3, -0.25) is 5.32 Å². The van der Waals surface area contributed by atoms with E-state index in [4.69, 9.17) is 24.0 Å². The fourth-order valence-corrected chi connectivity index (χ4v) is 7.22. The second-order valence-electron chi connectivity index (χ2n) is 11.4. The zero-order chi connectivity index (χ0) is 28.9. The number of aryl methyl sites for hydroxylation is 2. The van der Waals surface area contributed by atoms with Crippen LogP contribution in [0.2, 0.25) is 0 Å². The van der Waals surface area contributed by atoms with Gasteiger partial charge in [-0.1, -0.05) is 5.16 Å². The lowest BCUT2D eigenvalue weighted by atomic mass is 10.1. The summed E-state index contributed by atoms with van der Waals surface area (Å²) >= 11 is 0. The van der Waals surface area contributed by atoms with Crippen LogP contribution in [0, 0.1) is 13.8 Å². The van der Waals surface area contributed by atoms with Crippen molar-refractivity contribution in [2.75, 3.05) is 30.0 Å². The molecule has 0 unspecified atom stereocenters. The van der Waals surface area contributed by atoms with Crippen LogP contribution < -0.4 is 10.2 Å². The second kappa shape index (κ2) is 10.2. The number of carbonyl (C=O) groups excluding carboxylic acids is 1. The molecule has 2 fully saturated rings. The van der Waals surface area contributed by atoms with E-state index < -0.39 is 26.3 Å². The maximum Gasteiger partial charge on any atom is 0.412 e. The Kier molecular flexibility index (Phi) is 7.11. The molecule has 1 atom stereocenters. The van der Waals surface area contributed by atoms with E-state index in [1.807, 2.05) is 6.92 Å². The highest BCUT2D eigenvalue weighted by atomic mass is 32.2. The molecule has 1 saturated heterocycles. The van der Waals surface area contributed by atoms with E-state index in [0.717, 1.165) is 0 Å². The Morgan fingerprint density at radius 2 is 1.85 bits per heavy atom. The highest BCUT2D eigenvalue weighted by Gasteiger charge is 2.59. The Labute approximate surface area is 234 Å². The number of sulfone groups is 1. The maximum absolute atomic E-state index is 14.0. The first-order valence-corrected chi connectivity index (χ1v) is 14.8. The van der Waals surface area contributed by atoms with Crippen molar-refractivity contribution < 1.29 is 27.2 Å². The molecular formula is C28H35N5O6S. The molecule has 1 aromatic carbocycles. The Morgan fingerprint density at radius 3 is 2.42 bits per heavy atom. The van der Waals surface area contributed by atoms with Gasteiger partial charge in [-0.05, 0) is 78.6 Å². The van der Waals surface area contributed by atoms with Gasteiger partial charge < -0.3 is 18.9 Å². The number of benzene rings is 1. The van der Waals surface area contributed by atoms with Crippen LogP contribution in [-0.4, -0.2) is 61.0 Å². The van der Waals surface area contributed by atoms with E-state index in [0.29, 0.717) is 66.9 Å². The zero-order valence-corrected chi connectivity index (χ0v) is 24.5. The first kappa shape index (κ1) is 28.0. The molecule has 3 heterocycles. The Hall–Kier alpha value is -3.51. The van der Waals surface area contributed by atoms with Gasteiger partial charge in [0, 0.05) is 23.9 Å². The first-order valence-electron chi connectivity index (χ1n) is 13.3. The van der Waals surface area contributed by atoms with Crippen LogP contribution in [0.15, 0.2) is 39.8 Å². The summed E-state index contributed by atoms with van der Waals surface area (Å²) < 4.78 is 43.0. The molecular weight excluding hydrogens is 534 g/mol. The predicted molar refractivity (Wildman–Crippen MR) is 149 cm³/mol. The van der Waals surface area contributed by atoms with E-state index in [2.05, 4.69) is 15.4 Å². The Morgan fingerprint density at radius 1 is 1.15 bits per heavy atom. The third kappa shape index (κ3) is 5.29. The number of ether oxygens (including phenoxy) is 2. The monoisotopic (exact) mass is 569 g/mol. The van der Waals surface area contributed by atoms with Gasteiger partial charge in [-0.25, -0.2) is 23.2 Å². The smallest absolute Gasteiger partial charge is 0.412 e. The number of nitrogens with one attached hydrogen (secondary N) is 1. The number of anilines is 2. The molecule has 11 nitrogen and oxygen atoms in total. The predicted octanol–water partition coefficient (Wildman–Crippen LogP) is 4.78. The van der Waals surface area contributed by atoms with Gasteiger partial charge in [-0.2, -0.15) is 0 Å². The van der Waals surface area contributed by atoms with Crippen molar-refractivity contribution in [1.82, 2.24) is 15.1 Å². The van der Waals surface area contributed by atoms with Crippen LogP contribution in [0.3, 0.4) is 0 Å². The van der Waals surface area contributed by atoms with Gasteiger partial charge in [0.15, 0.2) is 21.4 Å². The van der Waals surface area contributed by atoms with E-state index in [9.17, 15) is 13.2 Å². The summed E-state index contributed by atoms with van der Waals surface area (Å²) in [6.07, 6.45) is 0.321. The molecule has 0 radical (unpaired) electrons. The largest absolute Gasteiger partial charge is 0.444 e. The molecule has 1 N–H and O–H groups in total. The highest BCUT2D eigenvalue weighted by Crippen LogP contribution is 2.56. The van der Waals surface area contributed by atoms with Gasteiger partial charge >= 0.3 is 6.09 Å². The summed E-state index contributed by atoms with van der Waals surface area (Å²) in [5.41, 5.74) is 1.41. The van der Waals surface area contributed by atoms with Crippen molar-refractivity contribution in [3.8, 4) is 11.4 Å². The fourth-order valence-electron chi connectivity index (χ4n) is 4.97. The molecule has 1 saturated carbocycles. The minimum absolute atomic E-state index is 0.0547. The third-order valence-corrected chi connectivity index (χ3v) is 9.85. The second-order valence-corrected chi connectivity index (χ2v) is 13.6. The summed E-state index contributed by atoms with van der Waals surface area (Å²) in [5, 5.41) is 6.60. The molecule has 0 bridgehead atoms. The van der Waals surface area contributed by atoms with E-state index in [1.54, 1.807) is 65.0 Å².